The monoisotopic (exact) mass is 794 g/mol. The van der Waals surface area contributed by atoms with Gasteiger partial charge >= 0.3 is 0 Å². The third kappa shape index (κ3) is 7.53. The maximum Gasteiger partial charge on any atom is 0.164 e. The van der Waals surface area contributed by atoms with E-state index >= 15 is 0 Å². The van der Waals surface area contributed by atoms with Crippen LogP contribution in [0.5, 0.6) is 0 Å². The van der Waals surface area contributed by atoms with Crippen molar-refractivity contribution in [3.05, 3.63) is 210 Å². The summed E-state index contributed by atoms with van der Waals surface area (Å²) in [5, 5.41) is 15.0. The summed E-state index contributed by atoms with van der Waals surface area (Å²) >= 11 is 0. The van der Waals surface area contributed by atoms with Crippen molar-refractivity contribution in [2.45, 2.75) is 27.7 Å². The van der Waals surface area contributed by atoms with Crippen molar-refractivity contribution in [2.24, 2.45) is 0 Å². The number of fused-ring (bicyclic) bond motifs is 3. The predicted octanol–water partition coefficient (Wildman–Crippen LogP) is 15.0. The predicted molar refractivity (Wildman–Crippen MR) is 257 cm³/mol. The lowest BCUT2D eigenvalue weighted by molar-refractivity contribution is 1.07. The van der Waals surface area contributed by atoms with E-state index in [0.29, 0.717) is 23.0 Å². The quantitative estimate of drug-likeness (QED) is 0.151. The van der Waals surface area contributed by atoms with Crippen LogP contribution in [-0.4, -0.2) is 15.0 Å². The van der Waals surface area contributed by atoms with Gasteiger partial charge in [0.05, 0.1) is 11.6 Å². The number of rotatable bonds is 7. The molecule has 0 radical (unpaired) electrons. The van der Waals surface area contributed by atoms with Gasteiger partial charge in [-0.3, -0.25) is 0 Å². The number of benzene rings is 9. The summed E-state index contributed by atoms with van der Waals surface area (Å²) in [6, 6.07) is 66.6. The average molecular weight is 795 g/mol. The number of hydrogen-bond acceptors (Lipinski definition) is 4. The molecule has 0 aliphatic rings. The Morgan fingerprint density at radius 3 is 1.39 bits per heavy atom. The highest BCUT2D eigenvalue weighted by Crippen LogP contribution is 2.38. The summed E-state index contributed by atoms with van der Waals surface area (Å²) in [5.74, 6) is 1.92. The van der Waals surface area contributed by atoms with Gasteiger partial charge in [-0.15, -0.1) is 0 Å². The summed E-state index contributed by atoms with van der Waals surface area (Å²) < 4.78 is 0. The molecule has 0 spiro atoms. The fraction of sp³-hybridized carbons (Fsp3) is 0.0690. The second-order valence-corrected chi connectivity index (χ2v) is 16.4. The van der Waals surface area contributed by atoms with Gasteiger partial charge in [-0.1, -0.05) is 144 Å². The molecule has 294 valence electrons. The highest BCUT2D eigenvalue weighted by atomic mass is 15.0. The molecule has 10 rings (SSSR count). The molecule has 0 bridgehead atoms. The zero-order valence-corrected chi connectivity index (χ0v) is 35.1. The molecule has 10 aromatic rings. The van der Waals surface area contributed by atoms with Crippen molar-refractivity contribution in [2.75, 3.05) is 0 Å². The van der Waals surface area contributed by atoms with Gasteiger partial charge in [0, 0.05) is 16.7 Å². The average Bonchev–Trinajstić information content (AvgIpc) is 3.30. The molecule has 0 fully saturated rings. The smallest absolute Gasteiger partial charge is 0.164 e. The summed E-state index contributed by atoms with van der Waals surface area (Å²) in [7, 11) is 0. The second-order valence-electron chi connectivity index (χ2n) is 16.4. The third-order valence-corrected chi connectivity index (χ3v) is 11.6. The van der Waals surface area contributed by atoms with Crippen LogP contribution < -0.4 is 0 Å². The topological polar surface area (TPSA) is 62.5 Å². The van der Waals surface area contributed by atoms with Crippen LogP contribution >= 0.6 is 0 Å². The largest absolute Gasteiger partial charge is 0.208 e. The number of nitrogens with zero attached hydrogens (tertiary/aromatic N) is 4. The molecule has 62 heavy (non-hydrogen) atoms. The maximum absolute atomic E-state index is 10.0. The van der Waals surface area contributed by atoms with Crippen molar-refractivity contribution in [1.29, 1.82) is 5.26 Å². The first-order chi connectivity index (χ1) is 30.2. The molecule has 1 aromatic heterocycles. The molecule has 0 aliphatic carbocycles. The van der Waals surface area contributed by atoms with Crippen LogP contribution in [0.25, 0.3) is 100 Å². The molecule has 0 aliphatic heterocycles. The van der Waals surface area contributed by atoms with Gasteiger partial charge in [0.1, 0.15) is 0 Å². The first-order valence-electron chi connectivity index (χ1n) is 21.0. The second kappa shape index (κ2) is 15.9. The van der Waals surface area contributed by atoms with Gasteiger partial charge in [0.2, 0.25) is 0 Å². The Balaban J connectivity index is 1.03. The minimum Gasteiger partial charge on any atom is -0.208 e. The van der Waals surface area contributed by atoms with Gasteiger partial charge in [-0.25, -0.2) is 15.0 Å². The highest BCUT2D eigenvalue weighted by molar-refractivity contribution is 6.08. The van der Waals surface area contributed by atoms with E-state index in [2.05, 4.69) is 204 Å². The lowest BCUT2D eigenvalue weighted by atomic mass is 9.89. The van der Waals surface area contributed by atoms with Crippen LogP contribution in [0.1, 0.15) is 27.8 Å². The van der Waals surface area contributed by atoms with E-state index in [0.717, 1.165) is 83.5 Å². The molecule has 0 amide bonds. The van der Waals surface area contributed by atoms with Gasteiger partial charge in [0.15, 0.2) is 17.5 Å². The Kier molecular flexibility index (Phi) is 9.79. The molecule has 0 saturated heterocycles. The first kappa shape index (κ1) is 38.2. The van der Waals surface area contributed by atoms with Crippen LogP contribution in [0.3, 0.4) is 0 Å². The number of aromatic nitrogens is 3. The fourth-order valence-corrected chi connectivity index (χ4v) is 8.84. The summed E-state index contributed by atoms with van der Waals surface area (Å²) in [6.07, 6.45) is 0. The molecule has 4 nitrogen and oxygen atoms in total. The zero-order valence-electron chi connectivity index (χ0n) is 35.1. The van der Waals surface area contributed by atoms with Crippen LogP contribution in [0.15, 0.2) is 182 Å². The van der Waals surface area contributed by atoms with E-state index in [1.165, 1.54) is 21.5 Å². The minimum atomic E-state index is 0.619. The van der Waals surface area contributed by atoms with Crippen LogP contribution in [0.2, 0.25) is 0 Å². The van der Waals surface area contributed by atoms with Crippen molar-refractivity contribution in [3.63, 3.8) is 0 Å². The van der Waals surface area contributed by atoms with Crippen molar-refractivity contribution < 1.29 is 0 Å². The number of nitriles is 1. The zero-order chi connectivity index (χ0) is 42.3. The van der Waals surface area contributed by atoms with Gasteiger partial charge in [-0.05, 0) is 154 Å². The molecule has 9 aromatic carbocycles. The first-order valence-corrected chi connectivity index (χ1v) is 21.0. The van der Waals surface area contributed by atoms with E-state index < -0.39 is 0 Å². The van der Waals surface area contributed by atoms with Crippen molar-refractivity contribution in [1.82, 2.24) is 15.0 Å². The summed E-state index contributed by atoms with van der Waals surface area (Å²) in [4.78, 5) is 15.2. The van der Waals surface area contributed by atoms with Crippen LogP contribution in [0, 0.1) is 39.0 Å². The van der Waals surface area contributed by atoms with E-state index in [9.17, 15) is 5.26 Å². The Hall–Kier alpha value is -8.00. The van der Waals surface area contributed by atoms with E-state index in [1.54, 1.807) is 0 Å². The molecular weight excluding hydrogens is 753 g/mol. The minimum absolute atomic E-state index is 0.619. The standard InChI is InChI=1S/C58H42N4/c1-36-24-37(2)27-50(26-36)57-60-56(61-58(62-57)51-28-38(3)25-39(4)29-51)49-16-9-13-44(34-49)42-11-7-14-46(31-42)54-22-18-40(35-59)30-55(54)47-15-8-12-43(32-47)45-21-23-53-48(33-45)20-19-41-10-5-6-17-52(41)53/h5-34H,1-4H3. The third-order valence-electron chi connectivity index (χ3n) is 11.6. The molecule has 0 N–H and O–H groups in total. The highest BCUT2D eigenvalue weighted by Gasteiger charge is 2.16. The molecule has 1 heterocycles. The maximum atomic E-state index is 10.0. The van der Waals surface area contributed by atoms with Crippen molar-refractivity contribution >= 4 is 21.5 Å². The Morgan fingerprint density at radius 2 is 0.790 bits per heavy atom. The van der Waals surface area contributed by atoms with E-state index in [-0.39, 0.29) is 0 Å². The molecule has 0 atom stereocenters. The van der Waals surface area contributed by atoms with Gasteiger partial charge in [-0.2, -0.15) is 5.26 Å². The van der Waals surface area contributed by atoms with Gasteiger partial charge < -0.3 is 0 Å². The molecule has 0 saturated carbocycles. The molecule has 0 unspecified atom stereocenters. The van der Waals surface area contributed by atoms with Crippen LogP contribution in [0.4, 0.5) is 0 Å². The summed E-state index contributed by atoms with van der Waals surface area (Å²) in [6.45, 7) is 8.41. The Bertz CT molecular complexity index is 3320. The Morgan fingerprint density at radius 1 is 0.323 bits per heavy atom. The van der Waals surface area contributed by atoms with Crippen LogP contribution in [-0.2, 0) is 0 Å². The lowest BCUT2D eigenvalue weighted by Crippen LogP contribution is -2.01. The fourth-order valence-electron chi connectivity index (χ4n) is 8.84. The Labute approximate surface area is 362 Å². The van der Waals surface area contributed by atoms with Crippen molar-refractivity contribution in [3.8, 4) is 84.7 Å². The number of hydrogen-bond donors (Lipinski definition) is 0. The normalized spacial score (nSPS) is 11.2. The lowest BCUT2D eigenvalue weighted by Gasteiger charge is -2.14. The van der Waals surface area contributed by atoms with E-state index in [1.807, 2.05) is 12.1 Å². The number of aryl methyl sites for hydroxylation is 4. The molecular formula is C58H42N4. The molecule has 4 heteroatoms. The van der Waals surface area contributed by atoms with Gasteiger partial charge in [0.25, 0.3) is 0 Å². The summed E-state index contributed by atoms with van der Waals surface area (Å²) in [5.41, 5.74) is 16.7. The van der Waals surface area contributed by atoms with E-state index in [4.69, 9.17) is 15.0 Å². The SMILES string of the molecule is Cc1cc(C)cc(-c2nc(-c3cc(C)cc(C)c3)nc(-c3cccc(-c4cccc(-c5ccc(C#N)cc5-c5cccc(-c6ccc7c(ccc8ccccc87)c6)c5)c4)c3)n2)c1.